The van der Waals surface area contributed by atoms with Gasteiger partial charge >= 0.3 is 0 Å². The van der Waals surface area contributed by atoms with Crippen LogP contribution in [0.5, 0.6) is 5.75 Å². The van der Waals surface area contributed by atoms with E-state index >= 15 is 0 Å². The van der Waals surface area contributed by atoms with Crippen molar-refractivity contribution in [3.63, 3.8) is 0 Å². The summed E-state index contributed by atoms with van der Waals surface area (Å²) in [6.45, 7) is 2.87. The van der Waals surface area contributed by atoms with Gasteiger partial charge in [0.25, 0.3) is 0 Å². The van der Waals surface area contributed by atoms with Crippen molar-refractivity contribution < 1.29 is 14.6 Å². The molecule has 1 fully saturated rings. The molecule has 2 rings (SSSR count). The van der Waals surface area contributed by atoms with E-state index in [9.17, 15) is 5.11 Å². The minimum Gasteiger partial charge on any atom is -0.496 e. The molecule has 100 valence electrons. The van der Waals surface area contributed by atoms with Gasteiger partial charge in [-0.05, 0) is 36.1 Å². The summed E-state index contributed by atoms with van der Waals surface area (Å²) in [5, 5.41) is 10.3. The minimum absolute atomic E-state index is 0.0614. The van der Waals surface area contributed by atoms with Crippen LogP contribution in [0.3, 0.4) is 0 Å². The van der Waals surface area contributed by atoms with Gasteiger partial charge in [-0.25, -0.2) is 0 Å². The first kappa shape index (κ1) is 13.8. The second-order valence-corrected chi connectivity index (χ2v) is 5.74. The Morgan fingerprint density at radius 3 is 2.94 bits per heavy atom. The summed E-state index contributed by atoms with van der Waals surface area (Å²) >= 11 is 3.44. The standard InChI is InChI=1S/C14H19BrO3/c1-9-5-6-18-14(9)12(16)8-10-7-11(15)3-4-13(10)17-2/h3-4,7,9,12,14,16H,5-6,8H2,1-2H3. The molecular formula is C14H19BrO3. The number of hydrogen-bond acceptors (Lipinski definition) is 3. The highest BCUT2D eigenvalue weighted by atomic mass is 79.9. The largest absolute Gasteiger partial charge is 0.496 e. The van der Waals surface area contributed by atoms with Gasteiger partial charge in [-0.1, -0.05) is 22.9 Å². The predicted molar refractivity (Wildman–Crippen MR) is 73.9 cm³/mol. The predicted octanol–water partition coefficient (Wildman–Crippen LogP) is 2.79. The molecule has 3 unspecified atom stereocenters. The fourth-order valence-corrected chi connectivity index (χ4v) is 2.87. The molecule has 1 aromatic carbocycles. The number of halogens is 1. The molecule has 1 heterocycles. The van der Waals surface area contributed by atoms with Gasteiger partial charge in [0.1, 0.15) is 5.75 Å². The first-order chi connectivity index (χ1) is 8.61. The topological polar surface area (TPSA) is 38.7 Å². The number of aliphatic hydroxyl groups excluding tert-OH is 1. The zero-order valence-electron chi connectivity index (χ0n) is 10.7. The highest BCUT2D eigenvalue weighted by Gasteiger charge is 2.31. The summed E-state index contributed by atoms with van der Waals surface area (Å²) in [4.78, 5) is 0. The molecule has 1 aliphatic heterocycles. The van der Waals surface area contributed by atoms with E-state index in [-0.39, 0.29) is 6.10 Å². The number of methoxy groups -OCH3 is 1. The van der Waals surface area contributed by atoms with E-state index in [2.05, 4.69) is 22.9 Å². The molecule has 18 heavy (non-hydrogen) atoms. The summed E-state index contributed by atoms with van der Waals surface area (Å²) in [7, 11) is 1.65. The maximum atomic E-state index is 10.3. The van der Waals surface area contributed by atoms with Crippen LogP contribution in [0.25, 0.3) is 0 Å². The molecule has 3 nitrogen and oxygen atoms in total. The molecule has 0 aliphatic carbocycles. The monoisotopic (exact) mass is 314 g/mol. The van der Waals surface area contributed by atoms with Crippen LogP contribution in [0, 0.1) is 5.92 Å². The van der Waals surface area contributed by atoms with Crippen LogP contribution in [0.2, 0.25) is 0 Å². The zero-order valence-corrected chi connectivity index (χ0v) is 12.3. The molecule has 1 N–H and O–H groups in total. The Hall–Kier alpha value is -0.580. The summed E-state index contributed by atoms with van der Waals surface area (Å²) in [6.07, 6.45) is 1.04. The van der Waals surface area contributed by atoms with Gasteiger partial charge in [0.15, 0.2) is 0 Å². The number of benzene rings is 1. The van der Waals surface area contributed by atoms with Crippen LogP contribution in [-0.4, -0.2) is 31.0 Å². The second kappa shape index (κ2) is 6.04. The summed E-state index contributed by atoms with van der Waals surface area (Å²) in [5.41, 5.74) is 1.00. The van der Waals surface area contributed by atoms with Crippen LogP contribution < -0.4 is 4.74 Å². The second-order valence-electron chi connectivity index (χ2n) is 4.83. The average Bonchev–Trinajstić information content (AvgIpc) is 2.76. The molecule has 0 spiro atoms. The zero-order chi connectivity index (χ0) is 13.1. The Bertz CT molecular complexity index is 408. The molecule has 3 atom stereocenters. The van der Waals surface area contributed by atoms with Crippen molar-refractivity contribution >= 4 is 15.9 Å². The number of hydrogen-bond donors (Lipinski definition) is 1. The number of ether oxygens (including phenoxy) is 2. The van der Waals surface area contributed by atoms with E-state index < -0.39 is 6.10 Å². The molecule has 0 saturated carbocycles. The highest BCUT2D eigenvalue weighted by molar-refractivity contribution is 9.10. The van der Waals surface area contributed by atoms with Crippen molar-refractivity contribution in [2.75, 3.05) is 13.7 Å². The molecule has 0 radical (unpaired) electrons. The van der Waals surface area contributed by atoms with E-state index in [1.54, 1.807) is 7.11 Å². The lowest BCUT2D eigenvalue weighted by Gasteiger charge is -2.22. The van der Waals surface area contributed by atoms with Crippen LogP contribution in [-0.2, 0) is 11.2 Å². The van der Waals surface area contributed by atoms with Crippen LogP contribution >= 0.6 is 15.9 Å². The number of rotatable bonds is 4. The molecular weight excluding hydrogens is 296 g/mol. The number of aliphatic hydroxyl groups is 1. The Morgan fingerprint density at radius 2 is 2.33 bits per heavy atom. The van der Waals surface area contributed by atoms with Gasteiger partial charge in [0.2, 0.25) is 0 Å². The summed E-state index contributed by atoms with van der Waals surface area (Å²) in [6, 6.07) is 5.83. The fourth-order valence-electron chi connectivity index (χ4n) is 2.46. The lowest BCUT2D eigenvalue weighted by Crippen LogP contribution is -2.31. The van der Waals surface area contributed by atoms with Gasteiger partial charge in [-0.3, -0.25) is 0 Å². The van der Waals surface area contributed by atoms with Crippen molar-refractivity contribution in [1.82, 2.24) is 0 Å². The highest BCUT2D eigenvalue weighted by Crippen LogP contribution is 2.28. The maximum Gasteiger partial charge on any atom is 0.122 e. The Balaban J connectivity index is 2.10. The van der Waals surface area contributed by atoms with Crippen molar-refractivity contribution in [2.45, 2.75) is 32.0 Å². The molecule has 1 aliphatic rings. The third-order valence-corrected chi connectivity index (χ3v) is 3.99. The molecule has 0 amide bonds. The Kier molecular flexibility index (Phi) is 4.65. The van der Waals surface area contributed by atoms with Crippen LogP contribution in [0.1, 0.15) is 18.9 Å². The molecule has 0 bridgehead atoms. The van der Waals surface area contributed by atoms with Crippen molar-refractivity contribution in [1.29, 1.82) is 0 Å². The van der Waals surface area contributed by atoms with Gasteiger partial charge in [0, 0.05) is 17.5 Å². The quantitative estimate of drug-likeness (QED) is 0.928. The van der Waals surface area contributed by atoms with Gasteiger partial charge in [0.05, 0.1) is 19.3 Å². The van der Waals surface area contributed by atoms with E-state index in [0.717, 1.165) is 28.8 Å². The fraction of sp³-hybridized carbons (Fsp3) is 0.571. The normalized spacial score (nSPS) is 25.1. The third kappa shape index (κ3) is 3.05. The Labute approximate surface area is 116 Å². The van der Waals surface area contributed by atoms with E-state index in [1.807, 2.05) is 18.2 Å². The van der Waals surface area contributed by atoms with E-state index in [4.69, 9.17) is 9.47 Å². The smallest absolute Gasteiger partial charge is 0.122 e. The third-order valence-electron chi connectivity index (χ3n) is 3.50. The van der Waals surface area contributed by atoms with Crippen molar-refractivity contribution in [2.24, 2.45) is 5.92 Å². The van der Waals surface area contributed by atoms with Gasteiger partial charge in [-0.15, -0.1) is 0 Å². The lowest BCUT2D eigenvalue weighted by atomic mass is 9.95. The van der Waals surface area contributed by atoms with Gasteiger partial charge in [-0.2, -0.15) is 0 Å². The van der Waals surface area contributed by atoms with Crippen molar-refractivity contribution in [3.8, 4) is 5.75 Å². The maximum absolute atomic E-state index is 10.3. The van der Waals surface area contributed by atoms with E-state index in [1.165, 1.54) is 0 Å². The summed E-state index contributed by atoms with van der Waals surface area (Å²) < 4.78 is 11.9. The summed E-state index contributed by atoms with van der Waals surface area (Å²) in [5.74, 6) is 1.22. The van der Waals surface area contributed by atoms with Crippen LogP contribution in [0.4, 0.5) is 0 Å². The minimum atomic E-state index is -0.481. The van der Waals surface area contributed by atoms with Gasteiger partial charge < -0.3 is 14.6 Å². The van der Waals surface area contributed by atoms with Crippen LogP contribution in [0.15, 0.2) is 22.7 Å². The first-order valence-corrected chi connectivity index (χ1v) is 7.03. The SMILES string of the molecule is COc1ccc(Br)cc1CC(O)C1OCCC1C. The Morgan fingerprint density at radius 1 is 1.56 bits per heavy atom. The average molecular weight is 315 g/mol. The molecule has 1 saturated heterocycles. The first-order valence-electron chi connectivity index (χ1n) is 6.24. The lowest BCUT2D eigenvalue weighted by molar-refractivity contribution is -0.0159. The molecule has 0 aromatic heterocycles. The molecule has 4 heteroatoms. The van der Waals surface area contributed by atoms with E-state index in [0.29, 0.717) is 12.3 Å². The van der Waals surface area contributed by atoms with Crippen molar-refractivity contribution in [3.05, 3.63) is 28.2 Å². The molecule has 1 aromatic rings.